The Morgan fingerprint density at radius 2 is 1.80 bits per heavy atom. The third-order valence-electron chi connectivity index (χ3n) is 5.50. The lowest BCUT2D eigenvalue weighted by Gasteiger charge is -2.16. The topological polar surface area (TPSA) is 57.8 Å². The van der Waals surface area contributed by atoms with Crippen LogP contribution < -0.4 is 0 Å². The number of likely N-dealkylation sites (tertiary alicyclic amines) is 1. The normalized spacial score (nSPS) is 16.3. The maximum absolute atomic E-state index is 13.2. The standard InChI is InChI=1S/C24H20FN3O2/c25-20-6-4-16(5-7-20)23-14-21-13-18(8-11-28(21)26-23)17-2-1-3-19(12-17)24(30)27-10-9-22(29)15-27/h1-8,11-14,22,29H,9-10,15H2. The van der Waals surface area contributed by atoms with Crippen molar-refractivity contribution in [2.75, 3.05) is 13.1 Å². The molecule has 1 fully saturated rings. The van der Waals surface area contributed by atoms with Crippen molar-refractivity contribution < 1.29 is 14.3 Å². The second-order valence-electron chi connectivity index (χ2n) is 7.60. The van der Waals surface area contributed by atoms with E-state index in [9.17, 15) is 14.3 Å². The number of fused-ring (bicyclic) bond motifs is 1. The van der Waals surface area contributed by atoms with Crippen molar-refractivity contribution in [3.05, 3.63) is 84.3 Å². The molecule has 2 aromatic heterocycles. The first-order chi connectivity index (χ1) is 14.6. The summed E-state index contributed by atoms with van der Waals surface area (Å²) < 4.78 is 15.0. The molecule has 5 nitrogen and oxygen atoms in total. The number of β-amino-alcohol motifs (C(OH)–C–C–N with tert-alkyl or cyclic N) is 1. The fourth-order valence-corrected chi connectivity index (χ4v) is 3.88. The monoisotopic (exact) mass is 401 g/mol. The summed E-state index contributed by atoms with van der Waals surface area (Å²) in [6.45, 7) is 0.967. The molecule has 150 valence electrons. The van der Waals surface area contributed by atoms with Gasteiger partial charge in [0.1, 0.15) is 5.82 Å². The first-order valence-corrected chi connectivity index (χ1v) is 9.90. The summed E-state index contributed by atoms with van der Waals surface area (Å²) in [5.41, 5.74) is 5.05. The Morgan fingerprint density at radius 3 is 2.57 bits per heavy atom. The van der Waals surface area contributed by atoms with Gasteiger partial charge in [0.05, 0.1) is 17.3 Å². The zero-order chi connectivity index (χ0) is 20.7. The Morgan fingerprint density at radius 1 is 1.00 bits per heavy atom. The van der Waals surface area contributed by atoms with Gasteiger partial charge < -0.3 is 10.0 Å². The van der Waals surface area contributed by atoms with Gasteiger partial charge in [-0.3, -0.25) is 4.79 Å². The minimum absolute atomic E-state index is 0.0579. The average Bonchev–Trinajstić information content (AvgIpc) is 3.39. The smallest absolute Gasteiger partial charge is 0.253 e. The summed E-state index contributed by atoms with van der Waals surface area (Å²) in [5.74, 6) is -0.333. The number of rotatable bonds is 3. The van der Waals surface area contributed by atoms with E-state index in [4.69, 9.17) is 0 Å². The van der Waals surface area contributed by atoms with Crippen LogP contribution in [0.15, 0.2) is 72.9 Å². The van der Waals surface area contributed by atoms with Crippen LogP contribution in [0.2, 0.25) is 0 Å². The summed E-state index contributed by atoms with van der Waals surface area (Å²) in [5, 5.41) is 14.3. The largest absolute Gasteiger partial charge is 0.391 e. The third-order valence-corrected chi connectivity index (χ3v) is 5.50. The quantitative estimate of drug-likeness (QED) is 0.564. The van der Waals surface area contributed by atoms with Crippen molar-refractivity contribution in [1.29, 1.82) is 0 Å². The fourth-order valence-electron chi connectivity index (χ4n) is 3.88. The number of aliphatic hydroxyl groups is 1. The summed E-state index contributed by atoms with van der Waals surface area (Å²) in [4.78, 5) is 14.4. The lowest BCUT2D eigenvalue weighted by molar-refractivity contribution is 0.0765. The molecule has 3 heterocycles. The van der Waals surface area contributed by atoms with Gasteiger partial charge in [0.25, 0.3) is 5.91 Å². The highest BCUT2D eigenvalue weighted by Gasteiger charge is 2.25. The summed E-state index contributed by atoms with van der Waals surface area (Å²) in [6, 6.07) is 19.7. The van der Waals surface area contributed by atoms with E-state index in [1.807, 2.05) is 42.6 Å². The zero-order valence-corrected chi connectivity index (χ0v) is 16.2. The Bertz CT molecular complexity index is 1230. The van der Waals surface area contributed by atoms with Crippen molar-refractivity contribution in [3.63, 3.8) is 0 Å². The van der Waals surface area contributed by atoms with Gasteiger partial charge in [-0.1, -0.05) is 12.1 Å². The van der Waals surface area contributed by atoms with Crippen LogP contribution >= 0.6 is 0 Å². The Kier molecular flexibility index (Phi) is 4.56. The molecule has 2 aromatic carbocycles. The maximum atomic E-state index is 13.2. The Balaban J connectivity index is 1.46. The van der Waals surface area contributed by atoms with Crippen LogP contribution in [0.3, 0.4) is 0 Å². The highest BCUT2D eigenvalue weighted by atomic mass is 19.1. The van der Waals surface area contributed by atoms with E-state index in [-0.39, 0.29) is 11.7 Å². The number of hydrogen-bond acceptors (Lipinski definition) is 3. The van der Waals surface area contributed by atoms with Crippen LogP contribution in [0.25, 0.3) is 27.9 Å². The minimum atomic E-state index is -0.434. The number of hydrogen-bond donors (Lipinski definition) is 1. The predicted molar refractivity (Wildman–Crippen MR) is 113 cm³/mol. The summed E-state index contributed by atoms with van der Waals surface area (Å²) >= 11 is 0. The number of nitrogens with zero attached hydrogens (tertiary/aromatic N) is 3. The third kappa shape index (κ3) is 3.46. The van der Waals surface area contributed by atoms with E-state index in [0.29, 0.717) is 25.1 Å². The second-order valence-corrected chi connectivity index (χ2v) is 7.60. The van der Waals surface area contributed by atoms with E-state index in [2.05, 4.69) is 5.10 Å². The van der Waals surface area contributed by atoms with E-state index in [0.717, 1.165) is 27.9 Å². The number of amides is 1. The van der Waals surface area contributed by atoms with Crippen LogP contribution in [-0.4, -0.2) is 44.7 Å². The number of halogens is 1. The molecule has 30 heavy (non-hydrogen) atoms. The van der Waals surface area contributed by atoms with Crippen LogP contribution in [-0.2, 0) is 0 Å². The van der Waals surface area contributed by atoms with E-state index < -0.39 is 6.10 Å². The fraction of sp³-hybridized carbons (Fsp3) is 0.167. The first-order valence-electron chi connectivity index (χ1n) is 9.90. The average molecular weight is 401 g/mol. The number of pyridine rings is 1. The molecule has 0 radical (unpaired) electrons. The highest BCUT2D eigenvalue weighted by Crippen LogP contribution is 2.26. The van der Waals surface area contributed by atoms with Gasteiger partial charge in [0.2, 0.25) is 0 Å². The van der Waals surface area contributed by atoms with Gasteiger partial charge >= 0.3 is 0 Å². The molecule has 0 spiro atoms. The van der Waals surface area contributed by atoms with Crippen molar-refractivity contribution in [2.24, 2.45) is 0 Å². The summed E-state index contributed by atoms with van der Waals surface area (Å²) in [7, 11) is 0. The molecular formula is C24H20FN3O2. The molecule has 1 atom stereocenters. The molecule has 1 aliphatic rings. The molecule has 1 amide bonds. The van der Waals surface area contributed by atoms with Crippen molar-refractivity contribution in [1.82, 2.24) is 14.5 Å². The van der Waals surface area contributed by atoms with Crippen LogP contribution in [0.5, 0.6) is 0 Å². The molecule has 0 saturated carbocycles. The predicted octanol–water partition coefficient (Wildman–Crippen LogP) is 4.01. The molecule has 0 bridgehead atoms. The van der Waals surface area contributed by atoms with Crippen LogP contribution in [0.4, 0.5) is 4.39 Å². The number of aromatic nitrogens is 2. The molecule has 1 N–H and O–H groups in total. The van der Waals surface area contributed by atoms with Gasteiger partial charge in [-0.2, -0.15) is 5.10 Å². The van der Waals surface area contributed by atoms with Crippen molar-refractivity contribution in [2.45, 2.75) is 12.5 Å². The van der Waals surface area contributed by atoms with E-state index in [1.165, 1.54) is 12.1 Å². The molecule has 1 unspecified atom stereocenters. The first kappa shape index (κ1) is 18.5. The number of aliphatic hydroxyl groups excluding tert-OH is 1. The van der Waals surface area contributed by atoms with Crippen LogP contribution in [0, 0.1) is 5.82 Å². The van der Waals surface area contributed by atoms with Crippen molar-refractivity contribution in [3.8, 4) is 22.4 Å². The van der Waals surface area contributed by atoms with Gasteiger partial charge in [-0.05, 0) is 72.1 Å². The van der Waals surface area contributed by atoms with Crippen molar-refractivity contribution >= 4 is 11.4 Å². The molecular weight excluding hydrogens is 381 g/mol. The lowest BCUT2D eigenvalue weighted by Crippen LogP contribution is -2.29. The van der Waals surface area contributed by atoms with Gasteiger partial charge in [0.15, 0.2) is 0 Å². The Labute approximate surface area is 173 Å². The lowest BCUT2D eigenvalue weighted by atomic mass is 10.0. The molecule has 0 aliphatic carbocycles. The number of benzene rings is 2. The Hall–Kier alpha value is -3.51. The van der Waals surface area contributed by atoms with Gasteiger partial charge in [-0.15, -0.1) is 0 Å². The van der Waals surface area contributed by atoms with Gasteiger partial charge in [0, 0.05) is 30.4 Å². The maximum Gasteiger partial charge on any atom is 0.253 e. The molecule has 6 heteroatoms. The SMILES string of the molecule is O=C(c1cccc(-c2ccn3nc(-c4ccc(F)cc4)cc3c2)c1)N1CCC(O)C1. The summed E-state index contributed by atoms with van der Waals surface area (Å²) in [6.07, 6.45) is 2.07. The van der Waals surface area contributed by atoms with Gasteiger partial charge in [-0.25, -0.2) is 8.91 Å². The second kappa shape index (κ2) is 7.39. The molecule has 4 aromatic rings. The highest BCUT2D eigenvalue weighted by molar-refractivity contribution is 5.95. The minimum Gasteiger partial charge on any atom is -0.391 e. The number of carbonyl (C=O) groups is 1. The van der Waals surface area contributed by atoms with E-state index in [1.54, 1.807) is 27.6 Å². The number of carbonyl (C=O) groups excluding carboxylic acids is 1. The molecule has 1 saturated heterocycles. The van der Waals surface area contributed by atoms with E-state index >= 15 is 0 Å². The molecule has 1 aliphatic heterocycles. The molecule has 5 rings (SSSR count). The zero-order valence-electron chi connectivity index (χ0n) is 16.2. The van der Waals surface area contributed by atoms with Crippen LogP contribution in [0.1, 0.15) is 16.8 Å².